The van der Waals surface area contributed by atoms with Gasteiger partial charge < -0.3 is 5.73 Å². The van der Waals surface area contributed by atoms with Crippen molar-refractivity contribution in [3.8, 4) is 16.6 Å². The first-order valence-electron chi connectivity index (χ1n) is 9.48. The molecule has 0 saturated heterocycles. The molecule has 0 spiro atoms. The van der Waals surface area contributed by atoms with Gasteiger partial charge >= 0.3 is 11.9 Å². The van der Waals surface area contributed by atoms with Crippen LogP contribution in [0.2, 0.25) is 0 Å². The van der Waals surface area contributed by atoms with Gasteiger partial charge in [0.25, 0.3) is 5.56 Å². The molecule has 33 heavy (non-hydrogen) atoms. The van der Waals surface area contributed by atoms with E-state index in [-0.39, 0.29) is 22.6 Å². The van der Waals surface area contributed by atoms with E-state index in [2.05, 4.69) is 9.97 Å². The van der Waals surface area contributed by atoms with Gasteiger partial charge in [0.1, 0.15) is 22.5 Å². The summed E-state index contributed by atoms with van der Waals surface area (Å²) in [5.41, 5.74) is 1.89. The van der Waals surface area contributed by atoms with Gasteiger partial charge in [0, 0.05) is 6.04 Å². The van der Waals surface area contributed by atoms with E-state index in [1.54, 1.807) is 17.5 Å². The molecule has 1 saturated carbocycles. The zero-order valence-corrected chi connectivity index (χ0v) is 18.2. The number of aromatic amines is 1. The molecule has 3 heterocycles. The number of Topliss-reactive ketones (excluding diaryl/α,β-unsaturated/α-hetero) is 1. The van der Waals surface area contributed by atoms with Crippen LogP contribution in [0.1, 0.15) is 40.4 Å². The van der Waals surface area contributed by atoms with E-state index < -0.39 is 45.7 Å². The SMILES string of the molecule is N#Cc1c(C(F)(F)F)cc(-c2cccs2)nc1SCC(=O)c1c(N)n(C2CC2)c(=O)[nH]c1=O. The standard InChI is InChI=1S/C20H14F3N5O3S2/c21-20(22,23)11-6-12(14-2-1-5-32-14)26-18(10(11)7-24)33-8-13(29)15-16(25)28(9-3-4-9)19(31)27-17(15)30/h1-2,5-6,9H,3-4,8,25H2,(H,27,30,31). The number of thiophene rings is 1. The van der Waals surface area contributed by atoms with Crippen LogP contribution in [-0.2, 0) is 6.18 Å². The minimum Gasteiger partial charge on any atom is -0.384 e. The highest BCUT2D eigenvalue weighted by Crippen LogP contribution is 2.39. The van der Waals surface area contributed by atoms with Crippen LogP contribution in [-0.4, -0.2) is 26.1 Å². The topological polar surface area (TPSA) is 135 Å². The molecule has 0 aromatic carbocycles. The van der Waals surface area contributed by atoms with Crippen molar-refractivity contribution in [3.63, 3.8) is 0 Å². The fourth-order valence-corrected chi connectivity index (χ4v) is 4.81. The molecule has 1 aliphatic rings. The Morgan fingerprint density at radius 3 is 2.70 bits per heavy atom. The lowest BCUT2D eigenvalue weighted by Gasteiger charge is -2.14. The zero-order chi connectivity index (χ0) is 23.9. The number of anilines is 1. The number of nitriles is 1. The summed E-state index contributed by atoms with van der Waals surface area (Å²) in [4.78, 5) is 43.7. The Hall–Kier alpha value is -3.37. The van der Waals surface area contributed by atoms with E-state index in [9.17, 15) is 32.8 Å². The van der Waals surface area contributed by atoms with E-state index in [0.29, 0.717) is 29.5 Å². The van der Waals surface area contributed by atoms with Crippen LogP contribution in [0.5, 0.6) is 0 Å². The third-order valence-corrected chi connectivity index (χ3v) is 6.76. The van der Waals surface area contributed by atoms with Crippen LogP contribution in [0, 0.1) is 11.3 Å². The number of rotatable bonds is 6. The van der Waals surface area contributed by atoms with E-state index in [1.165, 1.54) is 17.4 Å². The molecular formula is C20H14F3N5O3S2. The van der Waals surface area contributed by atoms with Crippen molar-refractivity contribution in [1.29, 1.82) is 5.26 Å². The second-order valence-electron chi connectivity index (χ2n) is 7.15. The zero-order valence-electron chi connectivity index (χ0n) is 16.6. The lowest BCUT2D eigenvalue weighted by Crippen LogP contribution is -2.36. The van der Waals surface area contributed by atoms with Gasteiger partial charge in [-0.2, -0.15) is 18.4 Å². The molecule has 3 aromatic heterocycles. The molecule has 3 N–H and O–H groups in total. The first-order chi connectivity index (χ1) is 15.6. The Kier molecular flexibility index (Phi) is 5.89. The molecule has 13 heteroatoms. The van der Waals surface area contributed by atoms with Crippen molar-refractivity contribution >= 4 is 34.7 Å². The Balaban J connectivity index is 1.72. The number of hydrogen-bond acceptors (Lipinski definition) is 8. The van der Waals surface area contributed by atoms with Crippen LogP contribution < -0.4 is 17.0 Å². The lowest BCUT2D eigenvalue weighted by atomic mass is 10.1. The lowest BCUT2D eigenvalue weighted by molar-refractivity contribution is -0.138. The summed E-state index contributed by atoms with van der Waals surface area (Å²) in [5, 5.41) is 10.8. The maximum absolute atomic E-state index is 13.6. The Morgan fingerprint density at radius 1 is 1.39 bits per heavy atom. The number of H-pyrrole nitrogens is 1. The monoisotopic (exact) mass is 493 g/mol. The van der Waals surface area contributed by atoms with Crippen molar-refractivity contribution in [1.82, 2.24) is 14.5 Å². The predicted molar refractivity (Wildman–Crippen MR) is 116 cm³/mol. The summed E-state index contributed by atoms with van der Waals surface area (Å²) in [6.07, 6.45) is -3.48. The Morgan fingerprint density at radius 2 is 2.12 bits per heavy atom. The van der Waals surface area contributed by atoms with Gasteiger partial charge in [-0.1, -0.05) is 17.8 Å². The largest absolute Gasteiger partial charge is 0.417 e. The highest BCUT2D eigenvalue weighted by molar-refractivity contribution is 8.00. The highest BCUT2D eigenvalue weighted by Gasteiger charge is 2.36. The fourth-order valence-electron chi connectivity index (χ4n) is 3.25. The van der Waals surface area contributed by atoms with E-state index in [1.807, 2.05) is 0 Å². The molecule has 0 unspecified atom stereocenters. The fraction of sp³-hybridized carbons (Fsp3) is 0.250. The third-order valence-electron chi connectivity index (χ3n) is 4.89. The smallest absolute Gasteiger partial charge is 0.384 e. The van der Waals surface area contributed by atoms with E-state index >= 15 is 0 Å². The molecule has 4 rings (SSSR count). The molecule has 0 bridgehead atoms. The van der Waals surface area contributed by atoms with Crippen LogP contribution in [0.25, 0.3) is 10.6 Å². The molecule has 0 radical (unpaired) electrons. The van der Waals surface area contributed by atoms with Crippen LogP contribution in [0.3, 0.4) is 0 Å². The van der Waals surface area contributed by atoms with Crippen LogP contribution in [0.4, 0.5) is 19.0 Å². The third kappa shape index (κ3) is 4.44. The number of nitrogens with two attached hydrogens (primary N) is 1. The highest BCUT2D eigenvalue weighted by atomic mass is 32.2. The molecular weight excluding hydrogens is 479 g/mol. The normalized spacial score (nSPS) is 13.6. The van der Waals surface area contributed by atoms with E-state index in [4.69, 9.17) is 5.73 Å². The van der Waals surface area contributed by atoms with Crippen molar-refractivity contribution in [3.05, 3.63) is 61.1 Å². The number of carbonyl (C=O) groups excluding carboxylic acids is 1. The number of hydrogen-bond donors (Lipinski definition) is 2. The van der Waals surface area contributed by atoms with Gasteiger partial charge in [0.15, 0.2) is 5.78 Å². The molecule has 1 fully saturated rings. The summed E-state index contributed by atoms with van der Waals surface area (Å²) < 4.78 is 42.0. The molecule has 8 nitrogen and oxygen atoms in total. The Labute approximate surface area is 191 Å². The van der Waals surface area contributed by atoms with Gasteiger partial charge in [-0.3, -0.25) is 19.1 Å². The summed E-state index contributed by atoms with van der Waals surface area (Å²) in [6.45, 7) is 0. The number of nitrogens with one attached hydrogen (secondary N) is 1. The van der Waals surface area contributed by atoms with Gasteiger partial charge in [-0.25, -0.2) is 9.78 Å². The second kappa shape index (κ2) is 8.53. The van der Waals surface area contributed by atoms with E-state index in [0.717, 1.165) is 10.6 Å². The molecule has 1 aliphatic carbocycles. The number of alkyl halides is 3. The van der Waals surface area contributed by atoms with Gasteiger partial charge in [-0.05, 0) is 30.4 Å². The van der Waals surface area contributed by atoms with Gasteiger partial charge in [0.2, 0.25) is 0 Å². The summed E-state index contributed by atoms with van der Waals surface area (Å²) in [6, 6.07) is 5.33. The quantitative estimate of drug-likeness (QED) is 0.397. The molecule has 170 valence electrons. The summed E-state index contributed by atoms with van der Waals surface area (Å²) >= 11 is 1.76. The van der Waals surface area contributed by atoms with Gasteiger partial charge in [-0.15, -0.1) is 11.3 Å². The average Bonchev–Trinajstić information content (AvgIpc) is 3.41. The van der Waals surface area contributed by atoms with Gasteiger partial charge in [0.05, 0.1) is 27.5 Å². The molecule has 0 amide bonds. The number of nitrogen functional groups attached to an aromatic ring is 1. The number of pyridine rings is 1. The number of ketones is 1. The van der Waals surface area contributed by atoms with Crippen molar-refractivity contribution in [2.75, 3.05) is 11.5 Å². The Bertz CT molecular complexity index is 1400. The van der Waals surface area contributed by atoms with Crippen molar-refractivity contribution in [2.24, 2.45) is 0 Å². The summed E-state index contributed by atoms with van der Waals surface area (Å²) in [7, 11) is 0. The minimum absolute atomic E-state index is 0.00548. The van der Waals surface area contributed by atoms with Crippen LogP contribution in [0.15, 0.2) is 38.2 Å². The minimum atomic E-state index is -4.82. The number of carbonyl (C=O) groups is 1. The second-order valence-corrected chi connectivity index (χ2v) is 9.07. The number of halogens is 3. The average molecular weight is 493 g/mol. The number of thioether (sulfide) groups is 1. The van der Waals surface area contributed by atoms with Crippen LogP contribution >= 0.6 is 23.1 Å². The predicted octanol–water partition coefficient (Wildman–Crippen LogP) is 3.44. The molecule has 0 aliphatic heterocycles. The van der Waals surface area contributed by atoms with Crippen molar-refractivity contribution in [2.45, 2.75) is 30.1 Å². The number of aromatic nitrogens is 3. The van der Waals surface area contributed by atoms with Crippen molar-refractivity contribution < 1.29 is 18.0 Å². The first kappa shape index (κ1) is 22.8. The molecule has 0 atom stereocenters. The molecule has 3 aromatic rings. The number of nitrogens with zero attached hydrogens (tertiary/aromatic N) is 3. The maximum atomic E-state index is 13.6. The summed E-state index contributed by atoms with van der Waals surface area (Å²) in [5.74, 6) is -1.59. The maximum Gasteiger partial charge on any atom is 0.417 e. The first-order valence-corrected chi connectivity index (χ1v) is 11.3.